The van der Waals surface area contributed by atoms with Crippen LogP contribution in [0.25, 0.3) is 0 Å². The second kappa shape index (κ2) is 6.54. The largest absolute Gasteiger partial charge is 0.378 e. The van der Waals surface area contributed by atoms with Crippen LogP contribution in [0.5, 0.6) is 0 Å². The van der Waals surface area contributed by atoms with Gasteiger partial charge in [-0.3, -0.25) is 0 Å². The zero-order chi connectivity index (χ0) is 12.0. The molecule has 6 heteroatoms. The molecule has 5 nitrogen and oxygen atoms in total. The van der Waals surface area contributed by atoms with Crippen LogP contribution in [0.4, 0.5) is 0 Å². The third-order valence-corrected chi connectivity index (χ3v) is 4.60. The van der Waals surface area contributed by atoms with Crippen LogP contribution in [0.3, 0.4) is 0 Å². The van der Waals surface area contributed by atoms with Gasteiger partial charge in [0.25, 0.3) is 0 Å². The molecule has 96 valence electrons. The number of hydrogen-bond donors (Lipinski definition) is 1. The Balaban J connectivity index is 2.42. The van der Waals surface area contributed by atoms with Crippen LogP contribution in [0, 0.1) is 0 Å². The van der Waals surface area contributed by atoms with Gasteiger partial charge in [0.05, 0.1) is 19.0 Å². The Morgan fingerprint density at radius 3 is 2.81 bits per heavy atom. The number of ether oxygens (including phenoxy) is 1. The minimum absolute atomic E-state index is 0.0371. The molecule has 1 saturated heterocycles. The summed E-state index contributed by atoms with van der Waals surface area (Å²) in [4.78, 5) is 0. The summed E-state index contributed by atoms with van der Waals surface area (Å²) in [5.74, 6) is 0.178. The first kappa shape index (κ1) is 13.9. The van der Waals surface area contributed by atoms with Crippen molar-refractivity contribution < 1.29 is 13.2 Å². The Hall–Kier alpha value is -0.170. The van der Waals surface area contributed by atoms with Gasteiger partial charge in [-0.15, -0.1) is 0 Å². The molecule has 1 N–H and O–H groups in total. The highest BCUT2D eigenvalue weighted by molar-refractivity contribution is 7.89. The molecule has 1 unspecified atom stereocenters. The lowest BCUT2D eigenvalue weighted by atomic mass is 10.3. The molecule has 1 atom stereocenters. The molecular formula is C10H22N2O3S. The van der Waals surface area contributed by atoms with Crippen molar-refractivity contribution in [1.29, 1.82) is 0 Å². The van der Waals surface area contributed by atoms with E-state index in [0.717, 1.165) is 13.0 Å². The van der Waals surface area contributed by atoms with Crippen LogP contribution in [0.1, 0.15) is 20.3 Å². The molecule has 0 bridgehead atoms. The fourth-order valence-electron chi connectivity index (χ4n) is 1.75. The lowest BCUT2D eigenvalue weighted by Gasteiger charge is -2.32. The zero-order valence-corrected chi connectivity index (χ0v) is 10.9. The van der Waals surface area contributed by atoms with Gasteiger partial charge in [-0.2, -0.15) is 4.31 Å². The first-order valence-corrected chi connectivity index (χ1v) is 7.47. The maximum atomic E-state index is 12.0. The Morgan fingerprint density at radius 1 is 1.44 bits per heavy atom. The van der Waals surface area contributed by atoms with Gasteiger partial charge in [-0.1, -0.05) is 6.92 Å². The van der Waals surface area contributed by atoms with E-state index in [0.29, 0.717) is 26.3 Å². The van der Waals surface area contributed by atoms with Crippen molar-refractivity contribution in [1.82, 2.24) is 9.62 Å². The van der Waals surface area contributed by atoms with Gasteiger partial charge in [0.15, 0.2) is 0 Å². The second-order valence-corrected chi connectivity index (χ2v) is 6.14. The molecule has 1 aliphatic rings. The minimum atomic E-state index is -3.12. The van der Waals surface area contributed by atoms with E-state index in [1.165, 1.54) is 0 Å². The molecule has 0 aromatic rings. The highest BCUT2D eigenvalue weighted by Gasteiger charge is 2.29. The number of morpholine rings is 1. The van der Waals surface area contributed by atoms with Crippen molar-refractivity contribution in [2.24, 2.45) is 0 Å². The van der Waals surface area contributed by atoms with E-state index in [1.807, 2.05) is 6.92 Å². The smallest absolute Gasteiger partial charge is 0.215 e. The monoisotopic (exact) mass is 250 g/mol. The Bertz CT molecular complexity index is 292. The highest BCUT2D eigenvalue weighted by Crippen LogP contribution is 2.11. The summed E-state index contributed by atoms with van der Waals surface area (Å²) in [7, 11) is -3.12. The van der Waals surface area contributed by atoms with Crippen molar-refractivity contribution in [2.75, 3.05) is 38.6 Å². The molecule has 16 heavy (non-hydrogen) atoms. The van der Waals surface area contributed by atoms with Crippen LogP contribution >= 0.6 is 0 Å². The average molecular weight is 250 g/mol. The zero-order valence-electron chi connectivity index (χ0n) is 10.1. The molecule has 0 radical (unpaired) electrons. The molecule has 0 aromatic heterocycles. The lowest BCUT2D eigenvalue weighted by molar-refractivity contribution is 0.0393. The van der Waals surface area contributed by atoms with Gasteiger partial charge >= 0.3 is 0 Å². The number of nitrogens with zero attached hydrogens (tertiary/aromatic N) is 1. The first-order chi connectivity index (χ1) is 7.58. The van der Waals surface area contributed by atoms with Gasteiger partial charge in [0, 0.05) is 19.1 Å². The molecule has 1 fully saturated rings. The van der Waals surface area contributed by atoms with Gasteiger partial charge in [-0.05, 0) is 19.9 Å². The fraction of sp³-hybridized carbons (Fsp3) is 1.00. The minimum Gasteiger partial charge on any atom is -0.378 e. The van der Waals surface area contributed by atoms with Gasteiger partial charge in [0.2, 0.25) is 10.0 Å². The number of sulfonamides is 1. The molecule has 1 rings (SSSR count). The molecule has 0 spiro atoms. The predicted molar refractivity (Wildman–Crippen MR) is 63.9 cm³/mol. The van der Waals surface area contributed by atoms with Crippen molar-refractivity contribution in [2.45, 2.75) is 26.3 Å². The number of nitrogens with one attached hydrogen (secondary N) is 1. The van der Waals surface area contributed by atoms with E-state index >= 15 is 0 Å². The lowest BCUT2D eigenvalue weighted by Crippen LogP contribution is -2.48. The first-order valence-electron chi connectivity index (χ1n) is 5.86. The molecular weight excluding hydrogens is 228 g/mol. The molecule has 1 aliphatic heterocycles. The standard InChI is InChI=1S/C10H22N2O3S/c1-3-4-11-5-8-16(13,14)12-6-7-15-9-10(12)2/h10-11H,3-9H2,1-2H3. The highest BCUT2D eigenvalue weighted by atomic mass is 32.2. The maximum absolute atomic E-state index is 12.0. The van der Waals surface area contributed by atoms with Crippen molar-refractivity contribution in [3.05, 3.63) is 0 Å². The van der Waals surface area contributed by atoms with Crippen LogP contribution in [-0.4, -0.2) is 57.4 Å². The molecule has 1 heterocycles. The predicted octanol–water partition coefficient (Wildman–Crippen LogP) is 0.0365. The van der Waals surface area contributed by atoms with Gasteiger partial charge in [0.1, 0.15) is 0 Å². The summed E-state index contributed by atoms with van der Waals surface area (Å²) >= 11 is 0. The van der Waals surface area contributed by atoms with Gasteiger partial charge in [-0.25, -0.2) is 8.42 Å². The van der Waals surface area contributed by atoms with E-state index in [1.54, 1.807) is 4.31 Å². The molecule has 0 saturated carbocycles. The van der Waals surface area contributed by atoms with E-state index < -0.39 is 10.0 Å². The number of rotatable bonds is 6. The van der Waals surface area contributed by atoms with Crippen LogP contribution < -0.4 is 5.32 Å². The summed E-state index contributed by atoms with van der Waals surface area (Å²) in [6.45, 7) is 6.83. The van der Waals surface area contributed by atoms with Crippen LogP contribution in [0.15, 0.2) is 0 Å². The third kappa shape index (κ3) is 4.01. The average Bonchev–Trinajstić information content (AvgIpc) is 2.25. The summed E-state index contributed by atoms with van der Waals surface area (Å²) in [6, 6.07) is -0.0371. The van der Waals surface area contributed by atoms with E-state index in [2.05, 4.69) is 12.2 Å². The Morgan fingerprint density at radius 2 is 2.19 bits per heavy atom. The molecule has 0 amide bonds. The van der Waals surface area contributed by atoms with Gasteiger partial charge < -0.3 is 10.1 Å². The number of hydrogen-bond acceptors (Lipinski definition) is 4. The topological polar surface area (TPSA) is 58.6 Å². The SMILES string of the molecule is CCCNCCS(=O)(=O)N1CCOCC1C. The Kier molecular flexibility index (Phi) is 5.68. The van der Waals surface area contributed by atoms with Crippen LogP contribution in [-0.2, 0) is 14.8 Å². The Labute approximate surface area is 98.2 Å². The molecule has 0 aromatic carbocycles. The maximum Gasteiger partial charge on any atom is 0.215 e. The van der Waals surface area contributed by atoms with Crippen molar-refractivity contribution in [3.8, 4) is 0 Å². The van der Waals surface area contributed by atoms with Crippen molar-refractivity contribution in [3.63, 3.8) is 0 Å². The van der Waals surface area contributed by atoms with E-state index in [4.69, 9.17) is 4.74 Å². The summed E-state index contributed by atoms with van der Waals surface area (Å²) in [5, 5.41) is 3.11. The normalized spacial score (nSPS) is 23.5. The van der Waals surface area contributed by atoms with Crippen LogP contribution in [0.2, 0.25) is 0 Å². The molecule has 0 aliphatic carbocycles. The summed E-state index contributed by atoms with van der Waals surface area (Å²) in [6.07, 6.45) is 1.02. The summed E-state index contributed by atoms with van der Waals surface area (Å²) in [5.41, 5.74) is 0. The fourth-order valence-corrected chi connectivity index (χ4v) is 3.34. The summed E-state index contributed by atoms with van der Waals surface area (Å²) < 4.78 is 30.8. The quantitative estimate of drug-likeness (QED) is 0.676. The van der Waals surface area contributed by atoms with E-state index in [9.17, 15) is 8.42 Å². The third-order valence-electron chi connectivity index (χ3n) is 2.63. The second-order valence-electron chi connectivity index (χ2n) is 4.10. The van der Waals surface area contributed by atoms with E-state index in [-0.39, 0.29) is 11.8 Å². The van der Waals surface area contributed by atoms with Crippen molar-refractivity contribution >= 4 is 10.0 Å².